The summed E-state index contributed by atoms with van der Waals surface area (Å²) in [6.45, 7) is 10.5. The molecule has 59 heavy (non-hydrogen) atoms. The van der Waals surface area contributed by atoms with Crippen LogP contribution in [0.3, 0.4) is 0 Å². The standard InChI is InChI=1S/C28H47NO.C27H45NO/c1-3-5-6-23-7-9-24(10-8-23)11-12-25-13-15-26(16-14-25)17-18-27-19-20-28(22-29-27)30-21-4-2;1-3-5-22-6-8-23(9-7-22)10-11-24-12-14-25(15-13-24)16-17-26-18-19-27(21-28-26)29-20-4-2/h19-20,22-26H,3-18,21H2,1-2H3;18-19,21-25H,3-17,20H2,1-2H3/t23-,24-,25-,26-;22-,23-,24-,25-. The van der Waals surface area contributed by atoms with E-state index in [1.807, 2.05) is 12.4 Å². The van der Waals surface area contributed by atoms with Gasteiger partial charge in [0, 0.05) is 11.4 Å². The molecule has 2 heterocycles. The van der Waals surface area contributed by atoms with Gasteiger partial charge in [0.25, 0.3) is 0 Å². The molecule has 4 saturated carbocycles. The summed E-state index contributed by atoms with van der Waals surface area (Å²) in [6.07, 6.45) is 47.9. The first-order chi connectivity index (χ1) is 29.0. The van der Waals surface area contributed by atoms with E-state index in [9.17, 15) is 0 Å². The van der Waals surface area contributed by atoms with Gasteiger partial charge in [0.1, 0.15) is 11.5 Å². The lowest BCUT2D eigenvalue weighted by atomic mass is 9.74. The monoisotopic (exact) mass is 813 g/mol. The van der Waals surface area contributed by atoms with Crippen LogP contribution in [0.5, 0.6) is 11.5 Å². The highest BCUT2D eigenvalue weighted by molar-refractivity contribution is 5.20. The maximum atomic E-state index is 5.64. The normalized spacial score (nSPS) is 27.4. The lowest BCUT2D eigenvalue weighted by molar-refractivity contribution is 0.208. The van der Waals surface area contributed by atoms with Crippen LogP contribution in [0.2, 0.25) is 0 Å². The zero-order valence-corrected chi connectivity index (χ0v) is 39.1. The minimum absolute atomic E-state index is 0.782. The number of aryl methyl sites for hydroxylation is 2. The second kappa shape index (κ2) is 28.5. The Bertz CT molecular complexity index is 1300. The van der Waals surface area contributed by atoms with Crippen LogP contribution < -0.4 is 9.47 Å². The van der Waals surface area contributed by atoms with Crippen molar-refractivity contribution in [2.75, 3.05) is 13.2 Å². The van der Waals surface area contributed by atoms with Crippen molar-refractivity contribution in [2.45, 2.75) is 227 Å². The molecule has 4 aliphatic carbocycles. The lowest BCUT2D eigenvalue weighted by Gasteiger charge is -2.32. The molecule has 4 fully saturated rings. The summed E-state index contributed by atoms with van der Waals surface area (Å²) in [5.41, 5.74) is 2.46. The molecule has 4 heteroatoms. The topological polar surface area (TPSA) is 44.2 Å². The second-order valence-corrected chi connectivity index (χ2v) is 20.4. The predicted molar refractivity (Wildman–Crippen MR) is 251 cm³/mol. The maximum absolute atomic E-state index is 5.64. The first kappa shape index (κ1) is 47.9. The first-order valence-corrected chi connectivity index (χ1v) is 26.2. The highest BCUT2D eigenvalue weighted by Gasteiger charge is 2.26. The van der Waals surface area contributed by atoms with E-state index in [0.29, 0.717) is 0 Å². The van der Waals surface area contributed by atoms with Crippen molar-refractivity contribution in [1.82, 2.24) is 9.97 Å². The maximum Gasteiger partial charge on any atom is 0.137 e. The largest absolute Gasteiger partial charge is 0.492 e. The molecule has 4 nitrogen and oxygen atoms in total. The van der Waals surface area contributed by atoms with Gasteiger partial charge in [0.2, 0.25) is 0 Å². The summed E-state index contributed by atoms with van der Waals surface area (Å²) >= 11 is 0. The van der Waals surface area contributed by atoms with Crippen molar-refractivity contribution in [3.63, 3.8) is 0 Å². The third-order valence-corrected chi connectivity index (χ3v) is 15.7. The zero-order chi connectivity index (χ0) is 41.3. The number of nitrogens with zero attached hydrogens (tertiary/aromatic N) is 2. The molecule has 0 atom stereocenters. The van der Waals surface area contributed by atoms with Gasteiger partial charge >= 0.3 is 0 Å². The van der Waals surface area contributed by atoms with Gasteiger partial charge in [0.15, 0.2) is 0 Å². The fourth-order valence-electron chi connectivity index (χ4n) is 11.5. The highest BCUT2D eigenvalue weighted by Crippen LogP contribution is 2.40. The summed E-state index contributed by atoms with van der Waals surface area (Å²) in [4.78, 5) is 9.21. The van der Waals surface area contributed by atoms with Gasteiger partial charge in [-0.25, -0.2) is 0 Å². The van der Waals surface area contributed by atoms with Gasteiger partial charge in [-0.15, -0.1) is 0 Å². The van der Waals surface area contributed by atoms with Crippen molar-refractivity contribution in [2.24, 2.45) is 47.3 Å². The van der Waals surface area contributed by atoms with Gasteiger partial charge < -0.3 is 9.47 Å². The summed E-state index contributed by atoms with van der Waals surface area (Å²) < 4.78 is 11.3. The molecule has 0 radical (unpaired) electrons. The molecular weight excluding hydrogens is 721 g/mol. The number of rotatable bonds is 23. The minimum atomic E-state index is 0.782. The fraction of sp³-hybridized carbons (Fsp3) is 0.818. The average molecular weight is 813 g/mol. The lowest BCUT2D eigenvalue weighted by Crippen LogP contribution is -2.18. The van der Waals surface area contributed by atoms with Crippen LogP contribution in [-0.2, 0) is 12.8 Å². The van der Waals surface area contributed by atoms with Crippen LogP contribution in [0.4, 0.5) is 0 Å². The van der Waals surface area contributed by atoms with Crippen LogP contribution in [0.1, 0.15) is 225 Å². The number of pyridine rings is 2. The predicted octanol–water partition coefficient (Wildman–Crippen LogP) is 16.4. The number of hydrogen-bond donors (Lipinski definition) is 0. The summed E-state index contributed by atoms with van der Waals surface area (Å²) in [5.74, 6) is 9.94. The van der Waals surface area contributed by atoms with Crippen molar-refractivity contribution >= 4 is 0 Å². The number of ether oxygens (including phenoxy) is 2. The molecule has 0 aliphatic heterocycles. The molecule has 0 bridgehead atoms. The van der Waals surface area contributed by atoms with E-state index in [1.165, 1.54) is 185 Å². The fourth-order valence-corrected chi connectivity index (χ4v) is 11.5. The van der Waals surface area contributed by atoms with E-state index in [2.05, 4.69) is 61.9 Å². The Hall–Kier alpha value is -2.10. The number of unbranched alkanes of at least 4 members (excludes halogenated alkanes) is 1. The molecular formula is C55H92N2O2. The van der Waals surface area contributed by atoms with Crippen LogP contribution in [-0.4, -0.2) is 23.2 Å². The number of aromatic nitrogens is 2. The van der Waals surface area contributed by atoms with Gasteiger partial charge in [-0.1, -0.05) is 188 Å². The van der Waals surface area contributed by atoms with Crippen LogP contribution in [0.25, 0.3) is 0 Å². The quantitative estimate of drug-likeness (QED) is 0.112. The van der Waals surface area contributed by atoms with E-state index in [-0.39, 0.29) is 0 Å². The Labute approximate surface area is 365 Å². The van der Waals surface area contributed by atoms with Crippen LogP contribution in [0, 0.1) is 47.3 Å². The Morgan fingerprint density at radius 3 is 0.983 bits per heavy atom. The Morgan fingerprint density at radius 2 is 0.695 bits per heavy atom. The number of hydrogen-bond acceptors (Lipinski definition) is 4. The second-order valence-electron chi connectivity index (χ2n) is 20.4. The molecule has 0 aromatic carbocycles. The zero-order valence-electron chi connectivity index (χ0n) is 39.1. The summed E-state index contributed by atoms with van der Waals surface area (Å²) in [5, 5.41) is 0. The van der Waals surface area contributed by atoms with Crippen molar-refractivity contribution in [3.05, 3.63) is 48.0 Å². The molecule has 4 aliphatic rings. The molecule has 0 unspecified atom stereocenters. The smallest absolute Gasteiger partial charge is 0.137 e. The highest BCUT2D eigenvalue weighted by atomic mass is 16.5. The molecule has 6 rings (SSSR count). The minimum Gasteiger partial charge on any atom is -0.492 e. The van der Waals surface area contributed by atoms with E-state index in [1.54, 1.807) is 0 Å². The Kier molecular flexibility index (Phi) is 23.2. The van der Waals surface area contributed by atoms with Crippen molar-refractivity contribution < 1.29 is 9.47 Å². The average Bonchev–Trinajstić information content (AvgIpc) is 3.29. The van der Waals surface area contributed by atoms with Gasteiger partial charge in [-0.2, -0.15) is 0 Å². The van der Waals surface area contributed by atoms with Gasteiger partial charge in [-0.05, 0) is 110 Å². The van der Waals surface area contributed by atoms with E-state index >= 15 is 0 Å². The molecule has 0 N–H and O–H groups in total. The third kappa shape index (κ3) is 18.8. The van der Waals surface area contributed by atoms with E-state index < -0.39 is 0 Å². The Balaban J connectivity index is 0.000000224. The molecule has 0 saturated heterocycles. The first-order valence-electron chi connectivity index (χ1n) is 26.2. The molecule has 2 aromatic heterocycles. The molecule has 0 amide bonds. The SMILES string of the molecule is CCCC[C@H]1CC[C@H](CC[C@H]2CC[C@H](CCc3ccc(OCCC)cn3)CC2)CC1.CCCOc1ccc(CC[C@H]2CC[C@H](CC[C@H]3CC[C@H](CCC)CC3)CC2)nc1. The van der Waals surface area contributed by atoms with Gasteiger partial charge in [0.05, 0.1) is 25.6 Å². The molecule has 2 aromatic rings. The van der Waals surface area contributed by atoms with Crippen LogP contribution in [0.15, 0.2) is 36.7 Å². The Morgan fingerprint density at radius 1 is 0.373 bits per heavy atom. The van der Waals surface area contributed by atoms with E-state index in [4.69, 9.17) is 9.47 Å². The van der Waals surface area contributed by atoms with Gasteiger partial charge in [-0.3, -0.25) is 9.97 Å². The molecule has 334 valence electrons. The van der Waals surface area contributed by atoms with E-state index in [0.717, 1.165) is 97.7 Å². The van der Waals surface area contributed by atoms with Crippen LogP contribution >= 0.6 is 0 Å². The van der Waals surface area contributed by atoms with Crippen molar-refractivity contribution in [3.8, 4) is 11.5 Å². The summed E-state index contributed by atoms with van der Waals surface area (Å²) in [7, 11) is 0. The third-order valence-electron chi connectivity index (χ3n) is 15.7. The van der Waals surface area contributed by atoms with Crippen molar-refractivity contribution in [1.29, 1.82) is 0 Å². The molecule has 0 spiro atoms. The summed E-state index contributed by atoms with van der Waals surface area (Å²) in [6, 6.07) is 8.50.